The molecule has 2 unspecified atom stereocenters. The lowest BCUT2D eigenvalue weighted by atomic mass is 10.0. The van der Waals surface area contributed by atoms with Gasteiger partial charge in [0.05, 0.1) is 12.6 Å². The summed E-state index contributed by atoms with van der Waals surface area (Å²) in [4.78, 5) is 21.4. The normalized spacial score (nSPS) is 18.2. The maximum atomic E-state index is 13.2. The molecule has 1 aliphatic heterocycles. The lowest BCUT2D eigenvalue weighted by molar-refractivity contribution is -0.135. The van der Waals surface area contributed by atoms with Crippen molar-refractivity contribution in [2.75, 3.05) is 32.7 Å². The molecule has 0 spiro atoms. The van der Waals surface area contributed by atoms with Gasteiger partial charge in [0, 0.05) is 44.6 Å². The van der Waals surface area contributed by atoms with Crippen LogP contribution in [-0.4, -0.2) is 53.4 Å². The fraction of sp³-hybridized carbons (Fsp3) is 0.429. The predicted molar refractivity (Wildman–Crippen MR) is 111 cm³/mol. The maximum Gasteiger partial charge on any atom is 0.237 e. The lowest BCUT2D eigenvalue weighted by Gasteiger charge is -2.38. The van der Waals surface area contributed by atoms with Gasteiger partial charge in [-0.3, -0.25) is 14.7 Å². The fourth-order valence-corrected chi connectivity index (χ4v) is 3.69. The summed E-state index contributed by atoms with van der Waals surface area (Å²) < 4.78 is 13.2. The second-order valence-corrected chi connectivity index (χ2v) is 6.88. The number of rotatable bonds is 6. The molecule has 0 aliphatic carbocycles. The topological polar surface area (TPSA) is 48.5 Å². The number of hydrogen-bond acceptors (Lipinski definition) is 4. The summed E-state index contributed by atoms with van der Waals surface area (Å²) in [6.07, 6.45) is 3.63. The molecule has 1 N–H and O–H groups in total. The first-order valence-corrected chi connectivity index (χ1v) is 9.49. The van der Waals surface area contributed by atoms with Crippen LogP contribution in [0, 0.1) is 5.82 Å². The van der Waals surface area contributed by atoms with E-state index < -0.39 is 0 Å². The van der Waals surface area contributed by atoms with Crippen LogP contribution in [0.3, 0.4) is 0 Å². The molecule has 1 amide bonds. The fourth-order valence-electron chi connectivity index (χ4n) is 3.69. The Hall–Kier alpha value is -2.02. The van der Waals surface area contributed by atoms with Gasteiger partial charge in [-0.05, 0) is 43.2 Å². The van der Waals surface area contributed by atoms with Gasteiger partial charge >= 0.3 is 0 Å². The van der Waals surface area contributed by atoms with Gasteiger partial charge in [0.2, 0.25) is 5.91 Å². The zero-order valence-electron chi connectivity index (χ0n) is 16.3. The lowest BCUT2D eigenvalue weighted by Crippen LogP contribution is -2.50. The summed E-state index contributed by atoms with van der Waals surface area (Å²) in [5.74, 6) is -0.175. The molecule has 0 bridgehead atoms. The molecular formula is C21H28ClFN4O. The van der Waals surface area contributed by atoms with Crippen LogP contribution >= 0.6 is 12.4 Å². The van der Waals surface area contributed by atoms with Gasteiger partial charge in [-0.15, -0.1) is 12.4 Å². The number of amides is 1. The number of aromatic nitrogens is 1. The Bertz CT molecular complexity index is 744. The van der Waals surface area contributed by atoms with E-state index in [1.54, 1.807) is 18.3 Å². The minimum absolute atomic E-state index is 0. The minimum Gasteiger partial charge on any atom is -0.335 e. The van der Waals surface area contributed by atoms with Crippen LogP contribution in [0.15, 0.2) is 48.8 Å². The molecule has 0 saturated carbocycles. The third-order valence-corrected chi connectivity index (χ3v) is 5.24. The third kappa shape index (κ3) is 5.28. The Labute approximate surface area is 172 Å². The van der Waals surface area contributed by atoms with Gasteiger partial charge in [-0.2, -0.15) is 0 Å². The number of carbonyl (C=O) groups is 1. The van der Waals surface area contributed by atoms with Gasteiger partial charge in [0.25, 0.3) is 0 Å². The molecule has 2 atom stereocenters. The Kier molecular flexibility index (Phi) is 8.35. The molecule has 2 aromatic rings. The average Bonchev–Trinajstić information content (AvgIpc) is 2.70. The minimum atomic E-state index is -0.263. The van der Waals surface area contributed by atoms with E-state index in [4.69, 9.17) is 0 Å². The van der Waals surface area contributed by atoms with E-state index in [0.29, 0.717) is 13.1 Å². The number of benzene rings is 1. The highest BCUT2D eigenvalue weighted by Crippen LogP contribution is 2.24. The van der Waals surface area contributed by atoms with E-state index in [2.05, 4.69) is 21.3 Å². The average molecular weight is 407 g/mol. The molecule has 5 nitrogen and oxygen atoms in total. The molecule has 152 valence electrons. The van der Waals surface area contributed by atoms with Gasteiger partial charge in [-0.1, -0.05) is 18.2 Å². The predicted octanol–water partition coefficient (Wildman–Crippen LogP) is 3.20. The van der Waals surface area contributed by atoms with Crippen LogP contribution in [0.2, 0.25) is 0 Å². The van der Waals surface area contributed by atoms with E-state index in [0.717, 1.165) is 30.8 Å². The van der Waals surface area contributed by atoms with Gasteiger partial charge in [-0.25, -0.2) is 4.39 Å². The van der Waals surface area contributed by atoms with E-state index in [1.807, 2.05) is 31.0 Å². The van der Waals surface area contributed by atoms with Crippen molar-refractivity contribution in [3.05, 3.63) is 65.7 Å². The van der Waals surface area contributed by atoms with Crippen molar-refractivity contribution in [3.8, 4) is 0 Å². The molecule has 0 radical (unpaired) electrons. The van der Waals surface area contributed by atoms with Crippen molar-refractivity contribution in [1.29, 1.82) is 0 Å². The smallest absolute Gasteiger partial charge is 0.237 e. The molecule has 3 rings (SSSR count). The van der Waals surface area contributed by atoms with Crippen LogP contribution < -0.4 is 5.32 Å². The Morgan fingerprint density at radius 3 is 2.75 bits per heavy atom. The van der Waals surface area contributed by atoms with Crippen molar-refractivity contribution < 1.29 is 9.18 Å². The summed E-state index contributed by atoms with van der Waals surface area (Å²) in [5, 5.41) is 3.40. The summed E-state index contributed by atoms with van der Waals surface area (Å²) in [6, 6.07) is 10.4. The largest absolute Gasteiger partial charge is 0.335 e. The number of likely N-dealkylation sites (N-methyl/N-ethyl adjacent to an activating group) is 1. The first-order valence-electron chi connectivity index (χ1n) is 9.49. The van der Waals surface area contributed by atoms with Crippen molar-refractivity contribution in [2.45, 2.75) is 25.9 Å². The molecule has 1 aromatic heterocycles. The first-order chi connectivity index (χ1) is 13.1. The number of nitrogens with one attached hydrogen (secondary N) is 1. The Balaban J connectivity index is 0.00000280. The zero-order valence-corrected chi connectivity index (χ0v) is 17.2. The number of piperazine rings is 1. The number of nitrogens with zero attached hydrogens (tertiary/aromatic N) is 3. The highest BCUT2D eigenvalue weighted by Gasteiger charge is 2.28. The number of halogens is 2. The quantitative estimate of drug-likeness (QED) is 0.800. The highest BCUT2D eigenvalue weighted by molar-refractivity contribution is 5.85. The Morgan fingerprint density at radius 2 is 2.11 bits per heavy atom. The molecule has 28 heavy (non-hydrogen) atoms. The maximum absolute atomic E-state index is 13.2. The molecule has 1 saturated heterocycles. The first kappa shape index (κ1) is 22.3. The van der Waals surface area contributed by atoms with Gasteiger partial charge < -0.3 is 10.2 Å². The summed E-state index contributed by atoms with van der Waals surface area (Å²) in [6.45, 7) is 7.43. The summed E-state index contributed by atoms with van der Waals surface area (Å²) in [5.41, 5.74) is 2.06. The van der Waals surface area contributed by atoms with E-state index in [-0.39, 0.29) is 36.2 Å². The van der Waals surface area contributed by atoms with Gasteiger partial charge in [0.15, 0.2) is 0 Å². The van der Waals surface area contributed by atoms with Crippen molar-refractivity contribution in [3.63, 3.8) is 0 Å². The second kappa shape index (κ2) is 10.5. The summed E-state index contributed by atoms with van der Waals surface area (Å²) in [7, 11) is 0. The van der Waals surface area contributed by atoms with E-state index >= 15 is 0 Å². The van der Waals surface area contributed by atoms with Crippen molar-refractivity contribution in [2.24, 2.45) is 0 Å². The highest BCUT2D eigenvalue weighted by atomic mass is 35.5. The number of pyridine rings is 1. The molecule has 1 aliphatic rings. The number of carbonyl (C=O) groups excluding carboxylic acids is 1. The van der Waals surface area contributed by atoms with Crippen LogP contribution in [0.1, 0.15) is 37.1 Å². The van der Waals surface area contributed by atoms with Gasteiger partial charge in [0.1, 0.15) is 5.82 Å². The molecule has 2 heterocycles. The van der Waals surface area contributed by atoms with Crippen LogP contribution in [-0.2, 0) is 4.79 Å². The third-order valence-electron chi connectivity index (χ3n) is 5.24. The molecule has 7 heteroatoms. The zero-order chi connectivity index (χ0) is 19.2. The molecular weight excluding hydrogens is 379 g/mol. The molecule has 1 aromatic carbocycles. The molecule has 1 fully saturated rings. The van der Waals surface area contributed by atoms with Crippen LogP contribution in [0.4, 0.5) is 4.39 Å². The van der Waals surface area contributed by atoms with E-state index in [1.165, 1.54) is 12.1 Å². The van der Waals surface area contributed by atoms with Crippen molar-refractivity contribution >= 4 is 18.3 Å². The van der Waals surface area contributed by atoms with Crippen molar-refractivity contribution in [1.82, 2.24) is 20.1 Å². The van der Waals surface area contributed by atoms with Crippen LogP contribution in [0.25, 0.3) is 0 Å². The Morgan fingerprint density at radius 1 is 1.36 bits per heavy atom. The monoisotopic (exact) mass is 406 g/mol. The van der Waals surface area contributed by atoms with Crippen LogP contribution in [0.5, 0.6) is 0 Å². The summed E-state index contributed by atoms with van der Waals surface area (Å²) >= 11 is 0. The number of hydrogen-bond donors (Lipinski definition) is 1. The standard InChI is InChI=1S/C21H27FN4O.ClH/c1-3-26(16(2)17-6-8-19(22)9-7-17)21(27)15-25-12-11-24-14-20(25)18-5-4-10-23-13-18;/h4-10,13,16,20,24H,3,11-12,14-15H2,1-2H3;1H. The SMILES string of the molecule is CCN(C(=O)CN1CCNCC1c1cccnc1)C(C)c1ccc(F)cc1.Cl. The second-order valence-electron chi connectivity index (χ2n) is 6.88. The van der Waals surface area contributed by atoms with E-state index in [9.17, 15) is 9.18 Å².